The van der Waals surface area contributed by atoms with Crippen molar-refractivity contribution in [2.75, 3.05) is 32.6 Å². The van der Waals surface area contributed by atoms with Gasteiger partial charge in [-0.3, -0.25) is 9.36 Å². The van der Waals surface area contributed by atoms with Gasteiger partial charge in [0, 0.05) is 35.9 Å². The Bertz CT molecular complexity index is 1180. The zero-order valence-corrected chi connectivity index (χ0v) is 19.1. The second kappa shape index (κ2) is 9.11. The smallest absolute Gasteiger partial charge is 0.252 e. The summed E-state index contributed by atoms with van der Waals surface area (Å²) in [5.41, 5.74) is 1.54. The predicted octanol–water partition coefficient (Wildman–Crippen LogP) is 3.20. The van der Waals surface area contributed by atoms with Gasteiger partial charge in [-0.15, -0.1) is 0 Å². The van der Waals surface area contributed by atoms with Gasteiger partial charge in [-0.25, -0.2) is 4.98 Å². The third-order valence-corrected chi connectivity index (χ3v) is 6.83. The first-order valence-corrected chi connectivity index (χ1v) is 11.7. The van der Waals surface area contributed by atoms with Crippen molar-refractivity contribution in [2.24, 2.45) is 11.8 Å². The zero-order chi connectivity index (χ0) is 22.9. The summed E-state index contributed by atoms with van der Waals surface area (Å²) >= 11 is 0. The quantitative estimate of drug-likeness (QED) is 0.546. The van der Waals surface area contributed by atoms with Gasteiger partial charge in [-0.05, 0) is 75.5 Å². The minimum atomic E-state index is -0.545. The normalized spacial score (nSPS) is 22.7. The van der Waals surface area contributed by atoms with Crippen LogP contribution in [0.3, 0.4) is 0 Å². The van der Waals surface area contributed by atoms with E-state index in [2.05, 4.69) is 10.3 Å². The highest BCUT2D eigenvalue weighted by Gasteiger charge is 2.41. The molecule has 8 nitrogen and oxygen atoms in total. The Labute approximate surface area is 193 Å². The summed E-state index contributed by atoms with van der Waals surface area (Å²) in [5, 5.41) is 14.1. The Morgan fingerprint density at radius 3 is 2.70 bits per heavy atom. The van der Waals surface area contributed by atoms with Gasteiger partial charge < -0.3 is 20.1 Å². The summed E-state index contributed by atoms with van der Waals surface area (Å²) in [6.07, 6.45) is 6.02. The highest BCUT2D eigenvalue weighted by Crippen LogP contribution is 2.50. The minimum absolute atomic E-state index is 0.0163. The molecule has 8 heteroatoms. The van der Waals surface area contributed by atoms with Crippen molar-refractivity contribution in [3.63, 3.8) is 0 Å². The second-order valence-corrected chi connectivity index (χ2v) is 9.63. The monoisotopic (exact) mass is 449 g/mol. The van der Waals surface area contributed by atoms with Gasteiger partial charge in [0.05, 0.1) is 0 Å². The van der Waals surface area contributed by atoms with Crippen molar-refractivity contribution in [2.45, 2.75) is 37.8 Å². The molecular formula is C25H31N5O3. The number of rotatable bonds is 8. The largest absolute Gasteiger partial charge is 0.491 e. The molecule has 0 amide bonds. The molecule has 2 aromatic heterocycles. The minimum Gasteiger partial charge on any atom is -0.491 e. The number of aromatic nitrogens is 3. The van der Waals surface area contributed by atoms with Crippen LogP contribution in [0.15, 0.2) is 47.4 Å². The molecule has 0 saturated heterocycles. The topological polar surface area (TPSA) is 92.5 Å². The standard InChI is InChI=1S/C25H31N5O3/c1-29(2)14-20(31)15-33-21-8-6-19(7-9-21)27-25-26-13-18-5-10-23(32)30(24(18)28-25)22-12-16-3-4-17(22)11-16/h5-10,13,16-17,20,22,31H,3-4,11-12,14-15H2,1-2H3,(H,26,27,28). The van der Waals surface area contributed by atoms with Gasteiger partial charge in [0.2, 0.25) is 5.95 Å². The number of anilines is 2. The highest BCUT2D eigenvalue weighted by atomic mass is 16.5. The van der Waals surface area contributed by atoms with Crippen LogP contribution in [0.4, 0.5) is 11.6 Å². The number of pyridine rings is 1. The summed E-state index contributed by atoms with van der Waals surface area (Å²) < 4.78 is 7.57. The number of aliphatic hydroxyl groups excluding tert-OH is 1. The number of likely N-dealkylation sites (N-methyl/N-ethyl adjacent to an activating group) is 1. The molecule has 2 bridgehead atoms. The lowest BCUT2D eigenvalue weighted by atomic mass is 9.95. The van der Waals surface area contributed by atoms with E-state index < -0.39 is 6.10 Å². The summed E-state index contributed by atoms with van der Waals surface area (Å²) in [6.45, 7) is 0.783. The van der Waals surface area contributed by atoms with E-state index in [9.17, 15) is 9.90 Å². The summed E-state index contributed by atoms with van der Waals surface area (Å²) in [5.74, 6) is 2.46. The van der Waals surface area contributed by atoms with Crippen molar-refractivity contribution in [1.29, 1.82) is 0 Å². The van der Waals surface area contributed by atoms with E-state index in [1.165, 1.54) is 19.3 Å². The predicted molar refractivity (Wildman–Crippen MR) is 128 cm³/mol. The number of fused-ring (bicyclic) bond motifs is 3. The van der Waals surface area contributed by atoms with E-state index in [1.807, 2.05) is 53.9 Å². The van der Waals surface area contributed by atoms with Crippen molar-refractivity contribution in [3.8, 4) is 5.75 Å². The first-order valence-electron chi connectivity index (χ1n) is 11.7. The average Bonchev–Trinajstić information content (AvgIpc) is 3.42. The second-order valence-electron chi connectivity index (χ2n) is 9.63. The lowest BCUT2D eigenvalue weighted by Gasteiger charge is -2.25. The first-order chi connectivity index (χ1) is 16.0. The van der Waals surface area contributed by atoms with E-state index in [4.69, 9.17) is 9.72 Å². The molecule has 2 saturated carbocycles. The van der Waals surface area contributed by atoms with Crippen molar-refractivity contribution >= 4 is 22.7 Å². The van der Waals surface area contributed by atoms with E-state index in [0.717, 1.165) is 23.4 Å². The SMILES string of the molecule is CN(C)CC(O)COc1ccc(Nc2ncc3ccc(=O)n(C4CC5CCC4C5)c3n2)cc1. The van der Waals surface area contributed by atoms with Crippen LogP contribution in [0.25, 0.3) is 11.0 Å². The fourth-order valence-electron chi connectivity index (χ4n) is 5.38. The zero-order valence-electron chi connectivity index (χ0n) is 19.1. The third-order valence-electron chi connectivity index (χ3n) is 6.83. The molecule has 33 heavy (non-hydrogen) atoms. The van der Waals surface area contributed by atoms with Gasteiger partial charge in [0.25, 0.3) is 5.56 Å². The lowest BCUT2D eigenvalue weighted by Crippen LogP contribution is -2.30. The van der Waals surface area contributed by atoms with Crippen LogP contribution < -0.4 is 15.6 Å². The van der Waals surface area contributed by atoms with Gasteiger partial charge in [0.15, 0.2) is 0 Å². The lowest BCUT2D eigenvalue weighted by molar-refractivity contribution is 0.0831. The third kappa shape index (κ3) is 4.72. The molecule has 1 aromatic carbocycles. The molecule has 0 spiro atoms. The van der Waals surface area contributed by atoms with Gasteiger partial charge in [-0.1, -0.05) is 6.42 Å². The van der Waals surface area contributed by atoms with Crippen molar-refractivity contribution in [3.05, 3.63) is 52.9 Å². The molecule has 3 aromatic rings. The van der Waals surface area contributed by atoms with E-state index in [0.29, 0.717) is 29.8 Å². The van der Waals surface area contributed by atoms with Crippen molar-refractivity contribution in [1.82, 2.24) is 19.4 Å². The number of ether oxygens (including phenoxy) is 1. The van der Waals surface area contributed by atoms with Crippen LogP contribution in [0.1, 0.15) is 31.7 Å². The first kappa shape index (κ1) is 21.9. The molecule has 0 aliphatic heterocycles. The number of hydrogen-bond acceptors (Lipinski definition) is 7. The maximum atomic E-state index is 12.8. The van der Waals surface area contributed by atoms with Crippen LogP contribution in [-0.2, 0) is 0 Å². The van der Waals surface area contributed by atoms with Crippen LogP contribution in [0, 0.1) is 11.8 Å². The van der Waals surface area contributed by atoms with E-state index in [1.54, 1.807) is 12.3 Å². The molecule has 2 aliphatic rings. The fourth-order valence-corrected chi connectivity index (χ4v) is 5.38. The summed E-state index contributed by atoms with van der Waals surface area (Å²) in [6, 6.07) is 11.1. The summed E-state index contributed by atoms with van der Waals surface area (Å²) in [4.78, 5) is 23.9. The number of aliphatic hydroxyl groups is 1. The van der Waals surface area contributed by atoms with E-state index in [-0.39, 0.29) is 18.2 Å². The molecule has 5 rings (SSSR count). The van der Waals surface area contributed by atoms with Crippen LogP contribution in [0.2, 0.25) is 0 Å². The Hall–Kier alpha value is -2.97. The Balaban J connectivity index is 1.32. The molecule has 2 aliphatic carbocycles. The highest BCUT2D eigenvalue weighted by molar-refractivity contribution is 5.76. The van der Waals surface area contributed by atoms with E-state index >= 15 is 0 Å². The molecule has 174 valence electrons. The van der Waals surface area contributed by atoms with Gasteiger partial charge in [0.1, 0.15) is 24.1 Å². The number of hydrogen-bond donors (Lipinski definition) is 2. The Kier molecular flexibility index (Phi) is 6.03. The number of benzene rings is 1. The average molecular weight is 450 g/mol. The molecule has 2 fully saturated rings. The maximum absolute atomic E-state index is 12.8. The van der Waals surface area contributed by atoms with Crippen LogP contribution in [-0.4, -0.2) is 57.9 Å². The van der Waals surface area contributed by atoms with Crippen molar-refractivity contribution < 1.29 is 9.84 Å². The molecule has 4 atom stereocenters. The fraction of sp³-hybridized carbons (Fsp3) is 0.480. The maximum Gasteiger partial charge on any atom is 0.252 e. The number of nitrogens with zero attached hydrogens (tertiary/aromatic N) is 4. The molecule has 2 N–H and O–H groups in total. The Morgan fingerprint density at radius 1 is 1.18 bits per heavy atom. The van der Waals surface area contributed by atoms with Gasteiger partial charge in [-0.2, -0.15) is 4.98 Å². The Morgan fingerprint density at radius 2 is 2.00 bits per heavy atom. The van der Waals surface area contributed by atoms with Crippen LogP contribution in [0.5, 0.6) is 5.75 Å². The number of nitrogens with one attached hydrogen (secondary N) is 1. The molecule has 0 radical (unpaired) electrons. The molecule has 2 heterocycles. The molecular weight excluding hydrogens is 418 g/mol. The van der Waals surface area contributed by atoms with Gasteiger partial charge >= 0.3 is 0 Å². The summed E-state index contributed by atoms with van der Waals surface area (Å²) in [7, 11) is 3.82. The van der Waals surface area contributed by atoms with Crippen LogP contribution >= 0.6 is 0 Å². The molecule has 4 unspecified atom stereocenters.